The van der Waals surface area contributed by atoms with Gasteiger partial charge in [0.2, 0.25) is 0 Å². The summed E-state index contributed by atoms with van der Waals surface area (Å²) in [5.74, 6) is -0.223. The number of carboxylic acids is 1. The van der Waals surface area contributed by atoms with Crippen molar-refractivity contribution in [3.8, 4) is 0 Å². The second-order valence-corrected chi connectivity index (χ2v) is 4.56. The Hall–Kier alpha value is -2.36. The monoisotopic (exact) mass is 254 g/mol. The van der Waals surface area contributed by atoms with E-state index in [1.54, 1.807) is 6.07 Å². The van der Waals surface area contributed by atoms with E-state index in [0.717, 1.165) is 36.1 Å². The summed E-state index contributed by atoms with van der Waals surface area (Å²) in [4.78, 5) is 17.6. The van der Waals surface area contributed by atoms with Gasteiger partial charge in [-0.05, 0) is 17.9 Å². The SMILES string of the molecule is O=C(O)c1cc2ccccc2c(N2CC=CCC2)n1. The summed E-state index contributed by atoms with van der Waals surface area (Å²) in [6.07, 6.45) is 5.19. The summed E-state index contributed by atoms with van der Waals surface area (Å²) >= 11 is 0. The number of fused-ring (bicyclic) bond motifs is 1. The molecule has 1 N–H and O–H groups in total. The zero-order valence-electron chi connectivity index (χ0n) is 10.4. The molecule has 0 radical (unpaired) electrons. The van der Waals surface area contributed by atoms with Crippen molar-refractivity contribution in [2.45, 2.75) is 6.42 Å². The van der Waals surface area contributed by atoms with Crippen LogP contribution < -0.4 is 4.90 Å². The lowest BCUT2D eigenvalue weighted by molar-refractivity contribution is 0.0691. The Bertz CT molecular complexity index is 664. The molecule has 0 unspecified atom stereocenters. The van der Waals surface area contributed by atoms with E-state index in [-0.39, 0.29) is 5.69 Å². The van der Waals surface area contributed by atoms with Crippen molar-refractivity contribution in [3.05, 3.63) is 48.2 Å². The van der Waals surface area contributed by atoms with Crippen LogP contribution >= 0.6 is 0 Å². The first-order valence-electron chi connectivity index (χ1n) is 6.29. The van der Waals surface area contributed by atoms with E-state index in [0.29, 0.717) is 0 Å². The number of carboxylic acid groups (broad SMARTS) is 1. The highest BCUT2D eigenvalue weighted by atomic mass is 16.4. The standard InChI is InChI=1S/C15H14N2O2/c18-15(19)13-10-11-6-2-3-7-12(11)14(16-13)17-8-4-1-5-9-17/h1-4,6-7,10H,5,8-9H2,(H,18,19). The van der Waals surface area contributed by atoms with Crippen LogP contribution in [0.15, 0.2) is 42.5 Å². The second kappa shape index (κ2) is 4.72. The Balaban J connectivity index is 2.19. The number of pyridine rings is 1. The van der Waals surface area contributed by atoms with Crippen LogP contribution in [-0.4, -0.2) is 29.1 Å². The molecular formula is C15H14N2O2. The number of anilines is 1. The van der Waals surface area contributed by atoms with E-state index in [1.807, 2.05) is 24.3 Å². The molecule has 3 rings (SSSR count). The van der Waals surface area contributed by atoms with Gasteiger partial charge in [-0.25, -0.2) is 9.78 Å². The lowest BCUT2D eigenvalue weighted by atomic mass is 10.1. The van der Waals surface area contributed by atoms with Crippen LogP contribution in [0.4, 0.5) is 5.82 Å². The molecule has 2 aromatic rings. The lowest BCUT2D eigenvalue weighted by Crippen LogP contribution is -2.28. The van der Waals surface area contributed by atoms with E-state index < -0.39 is 5.97 Å². The number of nitrogens with zero attached hydrogens (tertiary/aromatic N) is 2. The predicted molar refractivity (Wildman–Crippen MR) is 74.7 cm³/mol. The third-order valence-corrected chi connectivity index (χ3v) is 3.30. The van der Waals surface area contributed by atoms with Gasteiger partial charge in [0.05, 0.1) is 0 Å². The van der Waals surface area contributed by atoms with E-state index in [4.69, 9.17) is 0 Å². The normalized spacial score (nSPS) is 14.8. The molecule has 0 saturated carbocycles. The molecule has 0 spiro atoms. The zero-order valence-corrected chi connectivity index (χ0v) is 10.4. The first-order chi connectivity index (χ1) is 9.25. The second-order valence-electron chi connectivity index (χ2n) is 4.56. The molecule has 2 heterocycles. The molecule has 96 valence electrons. The maximum Gasteiger partial charge on any atom is 0.354 e. The van der Waals surface area contributed by atoms with Gasteiger partial charge in [-0.15, -0.1) is 0 Å². The molecule has 0 saturated heterocycles. The van der Waals surface area contributed by atoms with Crippen molar-refractivity contribution in [1.29, 1.82) is 0 Å². The minimum absolute atomic E-state index is 0.100. The molecular weight excluding hydrogens is 240 g/mol. The highest BCUT2D eigenvalue weighted by molar-refractivity contribution is 5.98. The first-order valence-corrected chi connectivity index (χ1v) is 6.29. The molecule has 0 fully saturated rings. The van der Waals surface area contributed by atoms with Gasteiger partial charge in [0.1, 0.15) is 5.82 Å². The zero-order chi connectivity index (χ0) is 13.2. The van der Waals surface area contributed by atoms with Crippen molar-refractivity contribution in [3.63, 3.8) is 0 Å². The molecule has 19 heavy (non-hydrogen) atoms. The topological polar surface area (TPSA) is 53.4 Å². The molecule has 0 atom stereocenters. The van der Waals surface area contributed by atoms with E-state index in [9.17, 15) is 9.90 Å². The van der Waals surface area contributed by atoms with Crippen LogP contribution in [0, 0.1) is 0 Å². The molecule has 4 nitrogen and oxygen atoms in total. The Morgan fingerprint density at radius 3 is 2.84 bits per heavy atom. The summed E-state index contributed by atoms with van der Waals surface area (Å²) in [7, 11) is 0. The third-order valence-electron chi connectivity index (χ3n) is 3.30. The smallest absolute Gasteiger partial charge is 0.354 e. The van der Waals surface area contributed by atoms with Crippen molar-refractivity contribution in [2.24, 2.45) is 0 Å². The van der Waals surface area contributed by atoms with Crippen LogP contribution in [0.5, 0.6) is 0 Å². The van der Waals surface area contributed by atoms with E-state index >= 15 is 0 Å². The summed E-state index contributed by atoms with van der Waals surface area (Å²) in [5.41, 5.74) is 0.100. The fraction of sp³-hybridized carbons (Fsp3) is 0.200. The lowest BCUT2D eigenvalue weighted by Gasteiger charge is -2.26. The molecule has 0 bridgehead atoms. The van der Waals surface area contributed by atoms with Gasteiger partial charge >= 0.3 is 5.97 Å². The number of aromatic nitrogens is 1. The molecule has 4 heteroatoms. The van der Waals surface area contributed by atoms with Crippen molar-refractivity contribution in [2.75, 3.05) is 18.0 Å². The number of hydrogen-bond acceptors (Lipinski definition) is 3. The van der Waals surface area contributed by atoms with Gasteiger partial charge in [0.25, 0.3) is 0 Å². The summed E-state index contributed by atoms with van der Waals surface area (Å²) in [6, 6.07) is 9.40. The van der Waals surface area contributed by atoms with Crippen molar-refractivity contribution >= 4 is 22.6 Å². The average Bonchev–Trinajstić information content (AvgIpc) is 2.47. The minimum atomic E-state index is -0.987. The van der Waals surface area contributed by atoms with Crippen LogP contribution in [-0.2, 0) is 0 Å². The molecule has 1 aliphatic rings. The van der Waals surface area contributed by atoms with Gasteiger partial charge in [-0.1, -0.05) is 36.4 Å². The molecule has 0 aliphatic carbocycles. The highest BCUT2D eigenvalue weighted by Crippen LogP contribution is 2.26. The maximum absolute atomic E-state index is 11.2. The molecule has 1 aliphatic heterocycles. The Morgan fingerprint density at radius 2 is 2.11 bits per heavy atom. The van der Waals surface area contributed by atoms with Crippen LogP contribution in [0.1, 0.15) is 16.9 Å². The average molecular weight is 254 g/mol. The number of aromatic carboxylic acids is 1. The Morgan fingerprint density at radius 1 is 1.26 bits per heavy atom. The van der Waals surface area contributed by atoms with Gasteiger partial charge in [-0.2, -0.15) is 0 Å². The van der Waals surface area contributed by atoms with Gasteiger partial charge in [-0.3, -0.25) is 0 Å². The molecule has 0 amide bonds. The Kier molecular flexibility index (Phi) is 2.91. The summed E-state index contributed by atoms with van der Waals surface area (Å²) in [5, 5.41) is 11.1. The van der Waals surface area contributed by atoms with Gasteiger partial charge in [0.15, 0.2) is 5.69 Å². The maximum atomic E-state index is 11.2. The summed E-state index contributed by atoms with van der Waals surface area (Å²) in [6.45, 7) is 1.65. The van der Waals surface area contributed by atoms with E-state index in [1.165, 1.54) is 0 Å². The van der Waals surface area contributed by atoms with Crippen molar-refractivity contribution < 1.29 is 9.90 Å². The number of rotatable bonds is 2. The van der Waals surface area contributed by atoms with Gasteiger partial charge < -0.3 is 10.0 Å². The van der Waals surface area contributed by atoms with E-state index in [2.05, 4.69) is 22.0 Å². The first kappa shape index (κ1) is 11.7. The predicted octanol–water partition coefficient (Wildman–Crippen LogP) is 2.70. The highest BCUT2D eigenvalue weighted by Gasteiger charge is 2.16. The molecule has 1 aromatic heterocycles. The number of benzene rings is 1. The third kappa shape index (κ3) is 2.17. The number of carbonyl (C=O) groups is 1. The van der Waals surface area contributed by atoms with Crippen molar-refractivity contribution in [1.82, 2.24) is 4.98 Å². The fourth-order valence-corrected chi connectivity index (χ4v) is 2.36. The van der Waals surface area contributed by atoms with Crippen LogP contribution in [0.3, 0.4) is 0 Å². The summed E-state index contributed by atoms with van der Waals surface area (Å²) < 4.78 is 0. The van der Waals surface area contributed by atoms with Crippen LogP contribution in [0.25, 0.3) is 10.8 Å². The Labute approximate surface area is 111 Å². The largest absolute Gasteiger partial charge is 0.477 e. The quantitative estimate of drug-likeness (QED) is 0.837. The minimum Gasteiger partial charge on any atom is -0.477 e. The fourth-order valence-electron chi connectivity index (χ4n) is 2.36. The van der Waals surface area contributed by atoms with Gasteiger partial charge in [0, 0.05) is 18.5 Å². The van der Waals surface area contributed by atoms with Crippen LogP contribution in [0.2, 0.25) is 0 Å². The number of hydrogen-bond donors (Lipinski definition) is 1. The molecule has 1 aromatic carbocycles.